The third kappa shape index (κ3) is 6.75. The minimum Gasteiger partial charge on any atom is -0.444 e. The molecule has 24 heavy (non-hydrogen) atoms. The molecule has 132 valence electrons. The topological polar surface area (TPSA) is 38.8 Å². The molecule has 1 aliphatic heterocycles. The number of allylic oxidation sites excluding steroid dienone is 1. The second-order valence-corrected chi connectivity index (χ2v) is 7.23. The molecule has 1 aromatic carbocycles. The summed E-state index contributed by atoms with van der Waals surface area (Å²) in [7, 11) is 0. The number of carbonyl (C=O) groups excluding carboxylic acids is 1. The fourth-order valence-electron chi connectivity index (χ4n) is 2.67. The first-order valence-corrected chi connectivity index (χ1v) is 8.70. The summed E-state index contributed by atoms with van der Waals surface area (Å²) < 4.78 is 11.1. The SMILES string of the molecule is CC(C)(C)OC(=O)N1CCC(/C=C/COCc2ccccc2)CC1. The Morgan fingerprint density at radius 3 is 2.50 bits per heavy atom. The van der Waals surface area contributed by atoms with E-state index < -0.39 is 5.60 Å². The van der Waals surface area contributed by atoms with Crippen LogP contribution in [0.15, 0.2) is 42.5 Å². The molecule has 0 unspecified atom stereocenters. The molecular weight excluding hydrogens is 302 g/mol. The van der Waals surface area contributed by atoms with E-state index in [2.05, 4.69) is 24.3 Å². The number of amides is 1. The largest absolute Gasteiger partial charge is 0.444 e. The van der Waals surface area contributed by atoms with Gasteiger partial charge in [-0.25, -0.2) is 4.79 Å². The molecule has 0 aliphatic carbocycles. The molecule has 0 N–H and O–H groups in total. The zero-order valence-electron chi connectivity index (χ0n) is 15.0. The fourth-order valence-corrected chi connectivity index (χ4v) is 2.67. The Hall–Kier alpha value is -1.81. The summed E-state index contributed by atoms with van der Waals surface area (Å²) in [5.41, 5.74) is 0.765. The monoisotopic (exact) mass is 331 g/mol. The summed E-state index contributed by atoms with van der Waals surface area (Å²) in [6.07, 6.45) is 6.08. The van der Waals surface area contributed by atoms with Crippen LogP contribution in [0.5, 0.6) is 0 Å². The maximum absolute atomic E-state index is 12.0. The molecule has 0 atom stereocenters. The van der Waals surface area contributed by atoms with E-state index in [4.69, 9.17) is 9.47 Å². The molecule has 0 radical (unpaired) electrons. The number of likely N-dealkylation sites (tertiary alicyclic amines) is 1. The van der Waals surface area contributed by atoms with Gasteiger partial charge in [-0.1, -0.05) is 42.5 Å². The lowest BCUT2D eigenvalue weighted by Gasteiger charge is -2.32. The van der Waals surface area contributed by atoms with Gasteiger partial charge in [0.25, 0.3) is 0 Å². The fraction of sp³-hybridized carbons (Fsp3) is 0.550. The molecule has 1 aliphatic rings. The second kappa shape index (κ2) is 8.88. The van der Waals surface area contributed by atoms with Crippen LogP contribution in [-0.4, -0.2) is 36.3 Å². The third-order valence-corrected chi connectivity index (χ3v) is 3.93. The van der Waals surface area contributed by atoms with Gasteiger partial charge in [-0.15, -0.1) is 0 Å². The molecule has 1 aromatic rings. The standard InChI is InChI=1S/C20H29NO3/c1-20(2,3)24-19(22)21-13-11-17(12-14-21)10-7-15-23-16-18-8-5-4-6-9-18/h4-10,17H,11-16H2,1-3H3/b10-7+. The van der Waals surface area contributed by atoms with Gasteiger partial charge >= 0.3 is 6.09 Å². The van der Waals surface area contributed by atoms with E-state index in [9.17, 15) is 4.79 Å². The lowest BCUT2D eigenvalue weighted by Crippen LogP contribution is -2.41. The molecule has 4 heteroatoms. The molecule has 0 bridgehead atoms. The summed E-state index contributed by atoms with van der Waals surface area (Å²) in [5, 5.41) is 0. The van der Waals surface area contributed by atoms with Crippen molar-refractivity contribution in [1.82, 2.24) is 4.90 Å². The van der Waals surface area contributed by atoms with Crippen LogP contribution in [0.25, 0.3) is 0 Å². The van der Waals surface area contributed by atoms with Gasteiger partial charge in [-0.2, -0.15) is 0 Å². The number of ether oxygens (including phenoxy) is 2. The Bertz CT molecular complexity index is 526. The van der Waals surface area contributed by atoms with Gasteiger partial charge in [0.2, 0.25) is 0 Å². The highest BCUT2D eigenvalue weighted by atomic mass is 16.6. The van der Waals surface area contributed by atoms with Crippen molar-refractivity contribution in [2.45, 2.75) is 45.8 Å². The minimum absolute atomic E-state index is 0.198. The number of carbonyl (C=O) groups is 1. The molecule has 4 nitrogen and oxygen atoms in total. The maximum atomic E-state index is 12.0. The van der Waals surface area contributed by atoms with Crippen LogP contribution in [0, 0.1) is 5.92 Å². The van der Waals surface area contributed by atoms with Crippen LogP contribution in [0.2, 0.25) is 0 Å². The Morgan fingerprint density at radius 2 is 1.88 bits per heavy atom. The van der Waals surface area contributed by atoms with E-state index in [-0.39, 0.29) is 6.09 Å². The van der Waals surface area contributed by atoms with Crippen molar-refractivity contribution in [2.24, 2.45) is 5.92 Å². The van der Waals surface area contributed by atoms with Gasteiger partial charge in [0.1, 0.15) is 5.60 Å². The molecule has 0 aromatic heterocycles. The molecular formula is C20H29NO3. The van der Waals surface area contributed by atoms with Crippen molar-refractivity contribution < 1.29 is 14.3 Å². The first-order chi connectivity index (χ1) is 11.4. The van der Waals surface area contributed by atoms with Crippen LogP contribution in [-0.2, 0) is 16.1 Å². The minimum atomic E-state index is -0.427. The first-order valence-electron chi connectivity index (χ1n) is 8.70. The van der Waals surface area contributed by atoms with Crippen molar-refractivity contribution in [3.8, 4) is 0 Å². The average molecular weight is 331 g/mol. The Kier molecular flexibility index (Phi) is 6.85. The van der Waals surface area contributed by atoms with Gasteiger partial charge in [0.15, 0.2) is 0 Å². The second-order valence-electron chi connectivity index (χ2n) is 7.23. The van der Waals surface area contributed by atoms with Crippen LogP contribution in [0.3, 0.4) is 0 Å². The van der Waals surface area contributed by atoms with Crippen LogP contribution < -0.4 is 0 Å². The van der Waals surface area contributed by atoms with Crippen LogP contribution in [0.4, 0.5) is 4.79 Å². The molecule has 2 rings (SSSR count). The lowest BCUT2D eigenvalue weighted by molar-refractivity contribution is 0.0197. The first kappa shape index (κ1) is 18.5. The maximum Gasteiger partial charge on any atom is 0.410 e. The van der Waals surface area contributed by atoms with Crippen molar-refractivity contribution in [3.63, 3.8) is 0 Å². The number of nitrogens with zero attached hydrogens (tertiary/aromatic N) is 1. The van der Waals surface area contributed by atoms with E-state index in [1.807, 2.05) is 43.9 Å². The van der Waals surface area contributed by atoms with Gasteiger partial charge in [0.05, 0.1) is 13.2 Å². The lowest BCUT2D eigenvalue weighted by atomic mass is 9.97. The molecule has 1 saturated heterocycles. The normalized spacial score (nSPS) is 16.5. The van der Waals surface area contributed by atoms with Crippen molar-refractivity contribution in [1.29, 1.82) is 0 Å². The number of hydrogen-bond donors (Lipinski definition) is 0. The summed E-state index contributed by atoms with van der Waals surface area (Å²) in [6.45, 7) is 8.48. The predicted molar refractivity (Wildman–Crippen MR) is 95.8 cm³/mol. The van der Waals surface area contributed by atoms with Gasteiger partial charge in [-0.05, 0) is 45.1 Å². The number of rotatable bonds is 5. The number of benzene rings is 1. The van der Waals surface area contributed by atoms with E-state index in [0.29, 0.717) is 19.1 Å². The zero-order chi connectivity index (χ0) is 17.4. The van der Waals surface area contributed by atoms with Gasteiger partial charge < -0.3 is 14.4 Å². The molecule has 0 spiro atoms. The van der Waals surface area contributed by atoms with E-state index in [1.54, 1.807) is 0 Å². The van der Waals surface area contributed by atoms with E-state index >= 15 is 0 Å². The van der Waals surface area contributed by atoms with Crippen LogP contribution in [0.1, 0.15) is 39.2 Å². The average Bonchev–Trinajstić information content (AvgIpc) is 2.54. The number of hydrogen-bond acceptors (Lipinski definition) is 3. The van der Waals surface area contributed by atoms with Crippen molar-refractivity contribution in [3.05, 3.63) is 48.0 Å². The highest BCUT2D eigenvalue weighted by Gasteiger charge is 2.25. The Labute approximate surface area is 145 Å². The number of piperidine rings is 1. The zero-order valence-corrected chi connectivity index (χ0v) is 15.0. The molecule has 0 saturated carbocycles. The smallest absolute Gasteiger partial charge is 0.410 e. The summed E-state index contributed by atoms with van der Waals surface area (Å²) in [4.78, 5) is 13.8. The van der Waals surface area contributed by atoms with Gasteiger partial charge in [-0.3, -0.25) is 0 Å². The predicted octanol–water partition coefficient (Wildman–Crippen LogP) is 4.41. The molecule has 1 heterocycles. The summed E-state index contributed by atoms with van der Waals surface area (Å²) in [5.74, 6) is 0.518. The van der Waals surface area contributed by atoms with Crippen molar-refractivity contribution >= 4 is 6.09 Å². The summed E-state index contributed by atoms with van der Waals surface area (Å²) >= 11 is 0. The van der Waals surface area contributed by atoms with E-state index in [0.717, 1.165) is 25.9 Å². The highest BCUT2D eigenvalue weighted by Crippen LogP contribution is 2.20. The highest BCUT2D eigenvalue weighted by molar-refractivity contribution is 5.68. The van der Waals surface area contributed by atoms with E-state index in [1.165, 1.54) is 5.56 Å². The third-order valence-electron chi connectivity index (χ3n) is 3.93. The molecule has 1 amide bonds. The van der Waals surface area contributed by atoms with Crippen molar-refractivity contribution in [2.75, 3.05) is 19.7 Å². The Morgan fingerprint density at radius 1 is 1.21 bits per heavy atom. The van der Waals surface area contributed by atoms with Crippen LogP contribution >= 0.6 is 0 Å². The Balaban J connectivity index is 1.63. The summed E-state index contributed by atoms with van der Waals surface area (Å²) in [6, 6.07) is 10.2. The van der Waals surface area contributed by atoms with Gasteiger partial charge in [0, 0.05) is 13.1 Å². The molecule has 1 fully saturated rings. The quantitative estimate of drug-likeness (QED) is 0.593.